The van der Waals surface area contributed by atoms with E-state index >= 15 is 0 Å². The first-order valence-electron chi connectivity index (χ1n) is 7.72. The van der Waals surface area contributed by atoms with Crippen molar-refractivity contribution in [1.82, 2.24) is 14.7 Å². The first-order valence-corrected chi connectivity index (χ1v) is 7.72. The normalized spacial score (nSPS) is 19.1. The number of aromatic nitrogens is 2. The molecule has 0 radical (unpaired) electrons. The fourth-order valence-electron chi connectivity index (χ4n) is 2.69. The lowest BCUT2D eigenvalue weighted by atomic mass is 10.1. The van der Waals surface area contributed by atoms with Crippen LogP contribution in [0.3, 0.4) is 0 Å². The first kappa shape index (κ1) is 16.5. The van der Waals surface area contributed by atoms with Crippen LogP contribution < -0.4 is 5.56 Å². The predicted octanol–water partition coefficient (Wildman–Crippen LogP) is 2.43. The summed E-state index contributed by atoms with van der Waals surface area (Å²) in [6, 6.07) is 1.69. The minimum atomic E-state index is -0.515. The Morgan fingerprint density at radius 1 is 1.36 bits per heavy atom. The van der Waals surface area contributed by atoms with E-state index in [9.17, 15) is 9.59 Å². The van der Waals surface area contributed by atoms with Crippen LogP contribution >= 0.6 is 0 Å². The third-order valence-electron chi connectivity index (χ3n) is 3.63. The number of hydrogen-bond donors (Lipinski definition) is 0. The second kappa shape index (κ2) is 6.10. The smallest absolute Gasteiger partial charge is 0.410 e. The summed E-state index contributed by atoms with van der Waals surface area (Å²) in [7, 11) is 0. The second-order valence-corrected chi connectivity index (χ2v) is 6.94. The number of aryl methyl sites for hydroxylation is 2. The average Bonchev–Trinajstić information content (AvgIpc) is 2.41. The Hall–Kier alpha value is -1.85. The molecule has 22 heavy (non-hydrogen) atoms. The highest BCUT2D eigenvalue weighted by atomic mass is 16.6. The fourth-order valence-corrected chi connectivity index (χ4v) is 2.69. The monoisotopic (exact) mass is 307 g/mol. The van der Waals surface area contributed by atoms with Crippen LogP contribution in [-0.4, -0.2) is 39.5 Å². The summed E-state index contributed by atoms with van der Waals surface area (Å²) >= 11 is 0. The van der Waals surface area contributed by atoms with Crippen molar-refractivity contribution in [3.8, 4) is 0 Å². The van der Waals surface area contributed by atoms with Crippen molar-refractivity contribution in [2.24, 2.45) is 0 Å². The van der Waals surface area contributed by atoms with E-state index in [1.54, 1.807) is 17.9 Å². The predicted molar refractivity (Wildman–Crippen MR) is 84.0 cm³/mol. The molecule has 6 nitrogen and oxygen atoms in total. The van der Waals surface area contributed by atoms with Gasteiger partial charge >= 0.3 is 6.09 Å². The van der Waals surface area contributed by atoms with Crippen molar-refractivity contribution in [3.63, 3.8) is 0 Å². The molecule has 0 aliphatic carbocycles. The lowest BCUT2D eigenvalue weighted by Crippen LogP contribution is -2.45. The number of likely N-dealkylation sites (tertiary alicyclic amines) is 1. The highest BCUT2D eigenvalue weighted by Crippen LogP contribution is 2.21. The zero-order valence-electron chi connectivity index (χ0n) is 14.0. The SMILES string of the molecule is Cc1cc(C)c(=O)n(C2CCCN(C(=O)OC(C)(C)C)C2)n1. The van der Waals surface area contributed by atoms with Gasteiger partial charge in [-0.3, -0.25) is 4.79 Å². The summed E-state index contributed by atoms with van der Waals surface area (Å²) < 4.78 is 6.95. The van der Waals surface area contributed by atoms with Gasteiger partial charge in [0.05, 0.1) is 11.7 Å². The molecule has 0 saturated carbocycles. The molecule has 1 atom stereocenters. The molecule has 1 saturated heterocycles. The summed E-state index contributed by atoms with van der Waals surface area (Å²) in [6.07, 6.45) is 1.36. The van der Waals surface area contributed by atoms with Crippen molar-refractivity contribution in [2.75, 3.05) is 13.1 Å². The number of piperidine rings is 1. The lowest BCUT2D eigenvalue weighted by molar-refractivity contribution is 0.0165. The average molecular weight is 307 g/mol. The molecule has 1 unspecified atom stereocenters. The Morgan fingerprint density at radius 3 is 2.68 bits per heavy atom. The maximum atomic E-state index is 12.3. The minimum absolute atomic E-state index is 0.0818. The van der Waals surface area contributed by atoms with E-state index in [4.69, 9.17) is 4.74 Å². The number of carbonyl (C=O) groups is 1. The number of hydrogen-bond acceptors (Lipinski definition) is 4. The molecule has 1 aromatic heterocycles. The quantitative estimate of drug-likeness (QED) is 0.799. The van der Waals surface area contributed by atoms with Crippen molar-refractivity contribution in [1.29, 1.82) is 0 Å². The third kappa shape index (κ3) is 3.87. The van der Waals surface area contributed by atoms with Crippen LogP contribution in [0.5, 0.6) is 0 Å². The number of amides is 1. The van der Waals surface area contributed by atoms with Gasteiger partial charge in [-0.1, -0.05) is 0 Å². The second-order valence-electron chi connectivity index (χ2n) is 6.94. The Labute approximate surface area is 131 Å². The van der Waals surface area contributed by atoms with Gasteiger partial charge in [0, 0.05) is 18.7 Å². The van der Waals surface area contributed by atoms with E-state index < -0.39 is 5.60 Å². The molecule has 1 aromatic rings. The summed E-state index contributed by atoms with van der Waals surface area (Å²) in [5.41, 5.74) is 0.897. The van der Waals surface area contributed by atoms with Gasteiger partial charge in [-0.05, 0) is 53.5 Å². The van der Waals surface area contributed by atoms with Gasteiger partial charge in [-0.25, -0.2) is 9.48 Å². The van der Waals surface area contributed by atoms with Crippen molar-refractivity contribution in [2.45, 2.75) is 59.1 Å². The van der Waals surface area contributed by atoms with Gasteiger partial charge in [0.25, 0.3) is 5.56 Å². The van der Waals surface area contributed by atoms with E-state index in [1.807, 2.05) is 27.7 Å². The third-order valence-corrected chi connectivity index (χ3v) is 3.63. The van der Waals surface area contributed by atoms with Crippen molar-refractivity contribution in [3.05, 3.63) is 27.7 Å². The maximum Gasteiger partial charge on any atom is 0.410 e. The Bertz CT molecular complexity index is 616. The highest BCUT2D eigenvalue weighted by molar-refractivity contribution is 5.68. The number of rotatable bonds is 1. The van der Waals surface area contributed by atoms with Crippen LogP contribution in [0.4, 0.5) is 4.79 Å². The molecule has 1 amide bonds. The Balaban J connectivity index is 2.18. The van der Waals surface area contributed by atoms with Gasteiger partial charge < -0.3 is 9.64 Å². The minimum Gasteiger partial charge on any atom is -0.444 e. The topological polar surface area (TPSA) is 64.4 Å². The molecule has 1 fully saturated rings. The van der Waals surface area contributed by atoms with Crippen LogP contribution in [-0.2, 0) is 4.74 Å². The van der Waals surface area contributed by atoms with E-state index in [0.29, 0.717) is 18.7 Å². The molecule has 0 bridgehead atoms. The summed E-state index contributed by atoms with van der Waals surface area (Å²) in [5.74, 6) is 0. The molecular formula is C16H25N3O3. The van der Waals surface area contributed by atoms with Gasteiger partial charge in [-0.15, -0.1) is 0 Å². The first-order chi connectivity index (χ1) is 10.2. The maximum absolute atomic E-state index is 12.3. The van der Waals surface area contributed by atoms with E-state index in [0.717, 1.165) is 18.5 Å². The van der Waals surface area contributed by atoms with Crippen molar-refractivity contribution >= 4 is 6.09 Å². The highest BCUT2D eigenvalue weighted by Gasteiger charge is 2.29. The van der Waals surface area contributed by atoms with E-state index in [1.165, 1.54) is 4.68 Å². The Kier molecular flexibility index (Phi) is 4.58. The molecule has 6 heteroatoms. The molecule has 1 aliphatic heterocycles. The summed E-state index contributed by atoms with van der Waals surface area (Å²) in [4.78, 5) is 26.2. The molecule has 1 aliphatic rings. The molecule has 0 N–H and O–H groups in total. The van der Waals surface area contributed by atoms with Crippen LogP contribution in [0.1, 0.15) is 50.9 Å². The van der Waals surface area contributed by atoms with Gasteiger partial charge in [0.15, 0.2) is 0 Å². The zero-order chi connectivity index (χ0) is 16.5. The molecule has 0 spiro atoms. The molecule has 0 aromatic carbocycles. The Morgan fingerprint density at radius 2 is 2.05 bits per heavy atom. The largest absolute Gasteiger partial charge is 0.444 e. The van der Waals surface area contributed by atoms with Gasteiger partial charge in [-0.2, -0.15) is 5.10 Å². The summed E-state index contributed by atoms with van der Waals surface area (Å²) in [6.45, 7) is 10.3. The fraction of sp³-hybridized carbons (Fsp3) is 0.688. The zero-order valence-corrected chi connectivity index (χ0v) is 14.0. The van der Waals surface area contributed by atoms with Crippen LogP contribution in [0.2, 0.25) is 0 Å². The lowest BCUT2D eigenvalue weighted by Gasteiger charge is -2.34. The molecule has 2 rings (SSSR count). The van der Waals surface area contributed by atoms with E-state index in [-0.39, 0.29) is 17.7 Å². The number of carbonyl (C=O) groups excluding carboxylic acids is 1. The molecule has 122 valence electrons. The van der Waals surface area contributed by atoms with Crippen LogP contribution in [0, 0.1) is 13.8 Å². The number of nitrogens with zero attached hydrogens (tertiary/aromatic N) is 3. The van der Waals surface area contributed by atoms with Crippen LogP contribution in [0.25, 0.3) is 0 Å². The molecular weight excluding hydrogens is 282 g/mol. The van der Waals surface area contributed by atoms with Crippen LogP contribution in [0.15, 0.2) is 10.9 Å². The molecule has 2 heterocycles. The van der Waals surface area contributed by atoms with Gasteiger partial charge in [0.1, 0.15) is 5.60 Å². The number of ether oxygens (including phenoxy) is 1. The summed E-state index contributed by atoms with van der Waals surface area (Å²) in [5, 5.41) is 4.35. The van der Waals surface area contributed by atoms with Gasteiger partial charge in [0.2, 0.25) is 0 Å². The standard InChI is InChI=1S/C16H25N3O3/c1-11-9-12(2)17-19(14(11)20)13-7-6-8-18(10-13)15(21)22-16(3,4)5/h9,13H,6-8,10H2,1-5H3. The van der Waals surface area contributed by atoms with E-state index in [2.05, 4.69) is 5.10 Å². The van der Waals surface area contributed by atoms with Crippen molar-refractivity contribution < 1.29 is 9.53 Å².